The largest absolute Gasteiger partial charge is 0.393 e. The van der Waals surface area contributed by atoms with Crippen molar-refractivity contribution < 1.29 is 14.6 Å². The monoisotopic (exact) mass is 158 g/mol. The molecule has 0 unspecified atom stereocenters. The maximum absolute atomic E-state index is 10.6. The van der Waals surface area contributed by atoms with Crippen molar-refractivity contribution in [3.8, 4) is 0 Å². The van der Waals surface area contributed by atoms with E-state index in [0.29, 0.717) is 6.42 Å². The molecule has 0 aliphatic carbocycles. The van der Waals surface area contributed by atoms with Crippen LogP contribution in [0.15, 0.2) is 0 Å². The Bertz CT molecular complexity index is 167. The van der Waals surface area contributed by atoms with E-state index < -0.39 is 0 Å². The van der Waals surface area contributed by atoms with Crippen molar-refractivity contribution in [2.45, 2.75) is 38.4 Å². The molecule has 1 heterocycles. The van der Waals surface area contributed by atoms with E-state index in [9.17, 15) is 4.79 Å². The molecule has 0 aromatic rings. The van der Waals surface area contributed by atoms with Crippen LogP contribution in [0, 0.1) is 0 Å². The predicted octanol–water partition coefficient (Wildman–Crippen LogP) is 0.505. The van der Waals surface area contributed by atoms with Gasteiger partial charge in [-0.1, -0.05) is 0 Å². The molecule has 0 radical (unpaired) electrons. The van der Waals surface area contributed by atoms with Gasteiger partial charge in [0.1, 0.15) is 11.4 Å². The van der Waals surface area contributed by atoms with Crippen molar-refractivity contribution >= 4 is 5.78 Å². The van der Waals surface area contributed by atoms with Crippen molar-refractivity contribution in [3.05, 3.63) is 0 Å². The molecule has 0 amide bonds. The maximum Gasteiger partial charge on any atom is 0.129 e. The van der Waals surface area contributed by atoms with E-state index in [1.807, 2.05) is 6.92 Å². The molecule has 1 aliphatic rings. The minimum Gasteiger partial charge on any atom is -0.393 e. The molecule has 2 atom stereocenters. The lowest BCUT2D eigenvalue weighted by atomic mass is 10.0. The quantitative estimate of drug-likeness (QED) is 0.606. The van der Waals surface area contributed by atoms with Crippen molar-refractivity contribution in [1.29, 1.82) is 0 Å². The molecule has 11 heavy (non-hydrogen) atoms. The molecule has 0 aromatic heterocycles. The predicted molar refractivity (Wildman–Crippen MR) is 40.3 cm³/mol. The van der Waals surface area contributed by atoms with Crippen LogP contribution in [0.1, 0.15) is 26.7 Å². The van der Waals surface area contributed by atoms with E-state index in [1.165, 1.54) is 0 Å². The standard InChI is InChI=1S/C8H14O3/c1-6(10)3-4-7-8(2,5-9)11-7/h7,9H,3-5H2,1-2H3/t7-,8-/m0/s1. The van der Waals surface area contributed by atoms with Gasteiger partial charge in [0, 0.05) is 6.42 Å². The zero-order valence-corrected chi connectivity index (χ0v) is 6.96. The molecule has 0 aromatic carbocycles. The summed E-state index contributed by atoms with van der Waals surface area (Å²) in [6.07, 6.45) is 1.39. The molecule has 64 valence electrons. The Morgan fingerprint density at radius 3 is 2.73 bits per heavy atom. The first-order valence-corrected chi connectivity index (χ1v) is 3.86. The smallest absolute Gasteiger partial charge is 0.129 e. The molecule has 0 spiro atoms. The number of Topliss-reactive ketones (excluding diaryl/α,β-unsaturated/α-hetero) is 1. The highest BCUT2D eigenvalue weighted by molar-refractivity contribution is 5.75. The zero-order chi connectivity index (χ0) is 8.48. The van der Waals surface area contributed by atoms with E-state index in [-0.39, 0.29) is 24.1 Å². The molecule has 0 bridgehead atoms. The van der Waals surface area contributed by atoms with E-state index in [1.54, 1.807) is 6.92 Å². The molecule has 0 saturated carbocycles. The lowest BCUT2D eigenvalue weighted by molar-refractivity contribution is -0.117. The molecule has 1 rings (SSSR count). The van der Waals surface area contributed by atoms with Crippen LogP contribution in [-0.4, -0.2) is 29.2 Å². The highest BCUT2D eigenvalue weighted by Gasteiger charge is 2.51. The van der Waals surface area contributed by atoms with Crippen molar-refractivity contribution in [2.75, 3.05) is 6.61 Å². The van der Waals surface area contributed by atoms with E-state index in [0.717, 1.165) is 6.42 Å². The molecule has 3 heteroatoms. The highest BCUT2D eigenvalue weighted by atomic mass is 16.6. The summed E-state index contributed by atoms with van der Waals surface area (Å²) in [7, 11) is 0. The summed E-state index contributed by atoms with van der Waals surface area (Å²) in [5.74, 6) is 0.181. The number of epoxide rings is 1. The van der Waals surface area contributed by atoms with Gasteiger partial charge in [0.2, 0.25) is 0 Å². The summed E-state index contributed by atoms with van der Waals surface area (Å²) in [6.45, 7) is 3.48. The van der Waals surface area contributed by atoms with Crippen molar-refractivity contribution in [2.24, 2.45) is 0 Å². The van der Waals surface area contributed by atoms with Crippen LogP contribution in [0.4, 0.5) is 0 Å². The Balaban J connectivity index is 2.18. The fourth-order valence-electron chi connectivity index (χ4n) is 1.13. The number of hydrogen-bond donors (Lipinski definition) is 1. The number of hydrogen-bond acceptors (Lipinski definition) is 3. The van der Waals surface area contributed by atoms with Gasteiger partial charge in [0.05, 0.1) is 12.7 Å². The van der Waals surface area contributed by atoms with Crippen LogP contribution >= 0.6 is 0 Å². The minimum absolute atomic E-state index is 0.0512. The summed E-state index contributed by atoms with van der Waals surface area (Å²) in [6, 6.07) is 0. The second kappa shape index (κ2) is 2.91. The van der Waals surface area contributed by atoms with E-state index in [2.05, 4.69) is 0 Å². The summed E-state index contributed by atoms with van der Waals surface area (Å²) in [5.41, 5.74) is -0.352. The summed E-state index contributed by atoms with van der Waals surface area (Å²) in [4.78, 5) is 10.6. The second-order valence-electron chi connectivity index (χ2n) is 3.32. The van der Waals surface area contributed by atoms with Gasteiger partial charge in [-0.15, -0.1) is 0 Å². The summed E-state index contributed by atoms with van der Waals surface area (Å²) >= 11 is 0. The molecule has 1 fully saturated rings. The lowest BCUT2D eigenvalue weighted by Gasteiger charge is -1.98. The molecular formula is C8H14O3. The van der Waals surface area contributed by atoms with Crippen LogP contribution in [-0.2, 0) is 9.53 Å². The van der Waals surface area contributed by atoms with Gasteiger partial charge in [0.25, 0.3) is 0 Å². The first-order chi connectivity index (χ1) is 5.08. The normalized spacial score (nSPS) is 35.4. The minimum atomic E-state index is -0.352. The average Bonchev–Trinajstić information content (AvgIpc) is 2.59. The Morgan fingerprint density at radius 2 is 2.36 bits per heavy atom. The van der Waals surface area contributed by atoms with Crippen LogP contribution in [0.5, 0.6) is 0 Å². The lowest BCUT2D eigenvalue weighted by Crippen LogP contribution is -2.15. The van der Waals surface area contributed by atoms with Gasteiger partial charge < -0.3 is 14.6 Å². The van der Waals surface area contributed by atoms with Crippen LogP contribution < -0.4 is 0 Å². The Hall–Kier alpha value is -0.410. The van der Waals surface area contributed by atoms with Crippen LogP contribution in [0.25, 0.3) is 0 Å². The van der Waals surface area contributed by atoms with Gasteiger partial charge in [-0.3, -0.25) is 0 Å². The fourth-order valence-corrected chi connectivity index (χ4v) is 1.13. The van der Waals surface area contributed by atoms with Gasteiger partial charge >= 0.3 is 0 Å². The van der Waals surface area contributed by atoms with Crippen LogP contribution in [0.3, 0.4) is 0 Å². The summed E-state index contributed by atoms with van der Waals surface area (Å²) in [5, 5.41) is 8.79. The topological polar surface area (TPSA) is 49.8 Å². The number of ether oxygens (including phenoxy) is 1. The number of rotatable bonds is 4. The Morgan fingerprint density at radius 1 is 1.73 bits per heavy atom. The Labute approximate surface area is 66.4 Å². The third kappa shape index (κ3) is 2.01. The SMILES string of the molecule is CC(=O)CC[C@@H]1O[C@@]1(C)CO. The van der Waals surface area contributed by atoms with Gasteiger partial charge in [-0.05, 0) is 20.3 Å². The van der Waals surface area contributed by atoms with Crippen molar-refractivity contribution in [3.63, 3.8) is 0 Å². The number of aliphatic hydroxyl groups excluding tert-OH is 1. The summed E-state index contributed by atoms with van der Waals surface area (Å²) < 4.78 is 5.20. The average molecular weight is 158 g/mol. The van der Waals surface area contributed by atoms with Crippen LogP contribution in [0.2, 0.25) is 0 Å². The number of carbonyl (C=O) groups is 1. The second-order valence-corrected chi connectivity index (χ2v) is 3.32. The first kappa shape index (κ1) is 8.68. The van der Waals surface area contributed by atoms with E-state index >= 15 is 0 Å². The van der Waals surface area contributed by atoms with Gasteiger partial charge in [-0.25, -0.2) is 0 Å². The Kier molecular flexibility index (Phi) is 2.30. The number of ketones is 1. The molecule has 1 saturated heterocycles. The number of aliphatic hydroxyl groups is 1. The third-order valence-electron chi connectivity index (χ3n) is 2.11. The van der Waals surface area contributed by atoms with Gasteiger partial charge in [-0.2, -0.15) is 0 Å². The highest BCUT2D eigenvalue weighted by Crippen LogP contribution is 2.38. The van der Waals surface area contributed by atoms with Crippen molar-refractivity contribution in [1.82, 2.24) is 0 Å². The fraction of sp³-hybridized carbons (Fsp3) is 0.875. The zero-order valence-electron chi connectivity index (χ0n) is 6.96. The first-order valence-electron chi connectivity index (χ1n) is 3.86. The molecular weight excluding hydrogens is 144 g/mol. The molecule has 1 aliphatic heterocycles. The molecule has 1 N–H and O–H groups in total. The van der Waals surface area contributed by atoms with Gasteiger partial charge in [0.15, 0.2) is 0 Å². The number of carbonyl (C=O) groups excluding carboxylic acids is 1. The third-order valence-corrected chi connectivity index (χ3v) is 2.11. The maximum atomic E-state index is 10.6. The van der Waals surface area contributed by atoms with E-state index in [4.69, 9.17) is 9.84 Å². The molecule has 3 nitrogen and oxygen atoms in total.